The third-order valence-corrected chi connectivity index (χ3v) is 5.54. The second-order valence-electron chi connectivity index (χ2n) is 6.88. The molecule has 1 aromatic heterocycles. The maximum absolute atomic E-state index is 13.3. The predicted molar refractivity (Wildman–Crippen MR) is 121 cm³/mol. The highest BCUT2D eigenvalue weighted by atomic mass is 35.5. The summed E-state index contributed by atoms with van der Waals surface area (Å²) in [6, 6.07) is 7.98. The zero-order chi connectivity index (χ0) is 24.6. The molecule has 0 spiro atoms. The van der Waals surface area contributed by atoms with E-state index >= 15 is 0 Å². The maximum atomic E-state index is 13.3. The Morgan fingerprint density at radius 2 is 1.52 bits per heavy atom. The molecule has 0 atom stereocenters. The van der Waals surface area contributed by atoms with Gasteiger partial charge in [-0.1, -0.05) is 29.3 Å². The van der Waals surface area contributed by atoms with E-state index in [1.165, 1.54) is 12.1 Å². The lowest BCUT2D eigenvalue weighted by Gasteiger charge is -2.16. The molecule has 0 bridgehead atoms. The summed E-state index contributed by atoms with van der Waals surface area (Å²) in [5, 5.41) is 0.172. The zero-order valence-corrected chi connectivity index (χ0v) is 20.0. The van der Waals surface area contributed by atoms with Gasteiger partial charge in [-0.2, -0.15) is 8.42 Å². The monoisotopic (exact) mass is 502 g/mol. The van der Waals surface area contributed by atoms with Gasteiger partial charge in [0.1, 0.15) is 0 Å². The van der Waals surface area contributed by atoms with Crippen LogP contribution in [-0.4, -0.2) is 42.4 Å². The molecule has 0 amide bonds. The van der Waals surface area contributed by atoms with Gasteiger partial charge in [-0.15, -0.1) is 0 Å². The van der Waals surface area contributed by atoms with Crippen molar-refractivity contribution in [1.29, 1.82) is 0 Å². The number of aryl methyl sites for hydroxylation is 2. The van der Waals surface area contributed by atoms with Gasteiger partial charge in [0.05, 0.1) is 21.6 Å². The smallest absolute Gasteiger partial charge is 0.294 e. The maximum Gasteiger partial charge on any atom is 0.294 e. The molecule has 0 aliphatic rings. The van der Waals surface area contributed by atoms with Gasteiger partial charge in [0, 0.05) is 31.8 Å². The molecule has 0 aliphatic heterocycles. The van der Waals surface area contributed by atoms with Crippen molar-refractivity contribution in [2.75, 3.05) is 13.2 Å². The average molecular weight is 503 g/mol. The molecule has 0 saturated carbocycles. The predicted octanol–water partition coefficient (Wildman–Crippen LogP) is 5.13. The van der Waals surface area contributed by atoms with Gasteiger partial charge < -0.3 is 9.47 Å². The highest BCUT2D eigenvalue weighted by Crippen LogP contribution is 2.21. The van der Waals surface area contributed by atoms with Crippen molar-refractivity contribution >= 4 is 32.8 Å². The summed E-state index contributed by atoms with van der Waals surface area (Å²) < 4.78 is 66.9. The lowest BCUT2D eigenvalue weighted by molar-refractivity contribution is -0.139. The van der Waals surface area contributed by atoms with E-state index in [1.807, 2.05) is 20.8 Å². The van der Waals surface area contributed by atoms with Crippen LogP contribution in [0, 0.1) is 18.6 Å². The summed E-state index contributed by atoms with van der Waals surface area (Å²) in [4.78, 5) is 8.25. The van der Waals surface area contributed by atoms with Crippen LogP contribution in [0.1, 0.15) is 31.5 Å². The van der Waals surface area contributed by atoms with E-state index in [9.17, 15) is 17.2 Å². The van der Waals surface area contributed by atoms with Gasteiger partial charge in [0.15, 0.2) is 23.1 Å². The van der Waals surface area contributed by atoms with Crippen LogP contribution >= 0.6 is 11.6 Å². The lowest BCUT2D eigenvalue weighted by Crippen LogP contribution is -2.18. The molecule has 7 nitrogen and oxygen atoms in total. The summed E-state index contributed by atoms with van der Waals surface area (Å²) in [6.07, 6.45) is 0.657. The quantitative estimate of drug-likeness (QED) is 0.336. The third-order valence-electron chi connectivity index (χ3n) is 4.37. The average Bonchev–Trinajstić information content (AvgIpc) is 2.74. The van der Waals surface area contributed by atoms with E-state index in [4.69, 9.17) is 25.6 Å². The molecule has 3 rings (SSSR count). The number of nitrogens with zero attached hydrogens (tertiary/aromatic N) is 2. The summed E-state index contributed by atoms with van der Waals surface area (Å²) in [6.45, 7) is 6.67. The minimum absolute atomic E-state index is 0.0666. The van der Waals surface area contributed by atoms with Crippen LogP contribution in [0.4, 0.5) is 8.78 Å². The van der Waals surface area contributed by atoms with Crippen molar-refractivity contribution in [3.63, 3.8) is 0 Å². The van der Waals surface area contributed by atoms with Gasteiger partial charge in [0.25, 0.3) is 10.1 Å². The molecule has 1 heterocycles. The molecule has 0 unspecified atom stereocenters. The first-order valence-electron chi connectivity index (χ1n) is 10.1. The van der Waals surface area contributed by atoms with E-state index in [0.29, 0.717) is 31.7 Å². The molecule has 0 radical (unpaired) electrons. The molecule has 2 aromatic carbocycles. The normalized spacial score (nSPS) is 11.5. The molecular weight excluding hydrogens is 478 g/mol. The Morgan fingerprint density at radius 1 is 1.00 bits per heavy atom. The number of rotatable bonds is 8. The molecule has 11 heteroatoms. The Labute approximate surface area is 196 Å². The Bertz CT molecular complexity index is 1170. The number of hydrogen-bond donors (Lipinski definition) is 1. The van der Waals surface area contributed by atoms with Gasteiger partial charge in [-0.05, 0) is 39.3 Å². The van der Waals surface area contributed by atoms with Crippen molar-refractivity contribution in [2.24, 2.45) is 0 Å². The second-order valence-corrected chi connectivity index (χ2v) is 8.66. The molecule has 3 aromatic rings. The van der Waals surface area contributed by atoms with E-state index in [1.54, 1.807) is 12.1 Å². The van der Waals surface area contributed by atoms with Crippen LogP contribution < -0.4 is 0 Å². The zero-order valence-electron chi connectivity index (χ0n) is 18.4. The van der Waals surface area contributed by atoms with Crippen molar-refractivity contribution in [2.45, 2.75) is 44.8 Å². The number of ether oxygens (including phenoxy) is 2. The van der Waals surface area contributed by atoms with Crippen molar-refractivity contribution < 1.29 is 31.2 Å². The minimum atomic E-state index is -4.02. The van der Waals surface area contributed by atoms with Gasteiger partial charge >= 0.3 is 0 Å². The van der Waals surface area contributed by atoms with E-state index in [-0.39, 0.29) is 27.4 Å². The molecule has 0 aliphatic carbocycles. The van der Waals surface area contributed by atoms with Gasteiger partial charge in [-0.3, -0.25) is 4.55 Å². The topological polar surface area (TPSA) is 98.6 Å². The van der Waals surface area contributed by atoms with Crippen molar-refractivity contribution in [3.05, 3.63) is 64.4 Å². The fraction of sp³-hybridized carbons (Fsp3) is 0.364. The largest absolute Gasteiger partial charge is 0.353 e. The second kappa shape index (κ2) is 12.3. The van der Waals surface area contributed by atoms with Crippen molar-refractivity contribution in [3.8, 4) is 0 Å². The van der Waals surface area contributed by atoms with E-state index in [0.717, 1.165) is 17.7 Å². The molecule has 33 heavy (non-hydrogen) atoms. The van der Waals surface area contributed by atoms with Crippen molar-refractivity contribution in [1.82, 2.24) is 9.97 Å². The van der Waals surface area contributed by atoms with E-state index in [2.05, 4.69) is 9.97 Å². The third kappa shape index (κ3) is 8.24. The molecule has 0 saturated heterocycles. The fourth-order valence-electron chi connectivity index (χ4n) is 2.78. The SMILES string of the molecule is CCOC(CCc1nc2cc(F)c(F)cc2nc1Cl)OCC.Cc1ccc(S(=O)(=O)O)cc1. The summed E-state index contributed by atoms with van der Waals surface area (Å²) in [5.74, 6) is -1.94. The van der Waals surface area contributed by atoms with Crippen LogP contribution in [0.15, 0.2) is 41.3 Å². The van der Waals surface area contributed by atoms with Crippen LogP contribution in [0.3, 0.4) is 0 Å². The summed E-state index contributed by atoms with van der Waals surface area (Å²) in [5.41, 5.74) is 1.95. The minimum Gasteiger partial charge on any atom is -0.353 e. The first kappa shape index (κ1) is 27.0. The van der Waals surface area contributed by atoms with Crippen LogP contribution in [0.25, 0.3) is 11.0 Å². The van der Waals surface area contributed by atoms with Gasteiger partial charge in [0.2, 0.25) is 0 Å². The lowest BCUT2D eigenvalue weighted by atomic mass is 10.2. The standard InChI is InChI=1S/C15H17ClF2N2O2.C7H8O3S/c1-3-21-14(22-4-2)6-5-11-15(16)20-13-8-10(18)9(17)7-12(13)19-11;1-6-2-4-7(5-3-6)11(8,9)10/h7-8,14H,3-6H2,1-2H3;2-5H,1H3,(H,8,9,10). The summed E-state index contributed by atoms with van der Waals surface area (Å²) >= 11 is 6.06. The van der Waals surface area contributed by atoms with E-state index < -0.39 is 21.8 Å². The highest BCUT2D eigenvalue weighted by Gasteiger charge is 2.14. The Kier molecular flexibility index (Phi) is 10.1. The summed E-state index contributed by atoms with van der Waals surface area (Å²) in [7, 11) is -4.02. The number of halogens is 3. The first-order valence-corrected chi connectivity index (χ1v) is 12.0. The van der Waals surface area contributed by atoms with Crippen LogP contribution in [0.2, 0.25) is 5.15 Å². The first-order chi connectivity index (χ1) is 15.5. The molecular formula is C22H25ClF2N2O5S. The number of benzene rings is 2. The fourth-order valence-corrected chi connectivity index (χ4v) is 3.48. The Morgan fingerprint density at radius 3 is 2.00 bits per heavy atom. The molecule has 180 valence electrons. The highest BCUT2D eigenvalue weighted by molar-refractivity contribution is 7.85. The van der Waals surface area contributed by atoms with Crippen LogP contribution in [-0.2, 0) is 26.0 Å². The molecule has 1 N–H and O–H groups in total. The number of aromatic nitrogens is 2. The number of hydrogen-bond acceptors (Lipinski definition) is 6. The van der Waals surface area contributed by atoms with Gasteiger partial charge in [-0.25, -0.2) is 18.7 Å². The Hall–Kier alpha value is -2.24. The van der Waals surface area contributed by atoms with Crippen LogP contribution in [0.5, 0.6) is 0 Å². The molecule has 0 fully saturated rings. The Balaban J connectivity index is 0.000000294. The number of fused-ring (bicyclic) bond motifs is 1.